The van der Waals surface area contributed by atoms with Gasteiger partial charge in [0.05, 0.1) is 11.4 Å². The fraction of sp³-hybridized carbons (Fsp3) is 0.500. The average molecular weight is 908 g/mol. The number of aliphatic imine (C=N–C) groups is 2. The summed E-state index contributed by atoms with van der Waals surface area (Å²) in [5.41, 5.74) is 6.23. The molecule has 0 aromatic heterocycles. The Bertz CT molecular complexity index is 1650. The molecule has 12 heteroatoms. The number of ether oxygens (including phenoxy) is 2. The first-order valence-electron chi connectivity index (χ1n) is 19.1. The summed E-state index contributed by atoms with van der Waals surface area (Å²) in [7, 11) is 0. The first kappa shape index (κ1) is 63.2. The van der Waals surface area contributed by atoms with Gasteiger partial charge in [-0.1, -0.05) is 107 Å². The second-order valence-corrected chi connectivity index (χ2v) is 17.6. The van der Waals surface area contributed by atoms with Crippen LogP contribution >= 0.6 is 0 Å². The SMILES string of the molecule is C1CCOC1.C1CCOC1.CC(C)(C)c1cc(C=Nc2ccccc2N=Cc2cc(C(C)(C)C)cc(C(C)(C)C)c2O)c(O)c(C(C)(C)C)c1.[C-]#[O+].[C-]#[O+].[C-]#[O+].[C-]#[O+].[Co+3].[Cr+3]. The van der Waals surface area contributed by atoms with E-state index in [0.29, 0.717) is 22.5 Å². The van der Waals surface area contributed by atoms with Gasteiger partial charge in [-0.05, 0) is 82.7 Å². The fourth-order valence-corrected chi connectivity index (χ4v) is 5.50. The van der Waals surface area contributed by atoms with Crippen LogP contribution in [0.5, 0.6) is 11.5 Å². The van der Waals surface area contributed by atoms with Gasteiger partial charge < -0.3 is 19.7 Å². The number of para-hydroxylation sites is 2. The predicted octanol–water partition coefficient (Wildman–Crippen LogP) is 11.2. The van der Waals surface area contributed by atoms with Crippen molar-refractivity contribution in [3.8, 4) is 11.5 Å². The minimum atomic E-state index is -0.217. The molecule has 2 fully saturated rings. The van der Waals surface area contributed by atoms with Crippen molar-refractivity contribution in [3.05, 3.63) is 109 Å². The van der Waals surface area contributed by atoms with Gasteiger partial charge in [0.25, 0.3) is 0 Å². The van der Waals surface area contributed by atoms with Gasteiger partial charge in [0.1, 0.15) is 11.5 Å². The Morgan fingerprint density at radius 1 is 0.500 bits per heavy atom. The van der Waals surface area contributed by atoms with E-state index in [9.17, 15) is 10.2 Å². The standard InChI is InChI=1S/C36H48N2O2.2C4H8O.4CO.Co.Cr/c1-33(2,3)25-17-23(31(39)27(19-25)35(7,8)9)21-37-29-15-13-14-16-30(29)38-22-24-18-26(34(4,5)6)20-28(32(24)40)36(10,11)12;2*1-2-4-5-3-1;4*1-2;;/h13-22,39-40H,1-12H3;2*1-4H2;;;;;;/q;;;;;;;2*+3. The van der Waals surface area contributed by atoms with Crippen LogP contribution < -0.4 is 0 Å². The Kier molecular flexibility index (Phi) is 33.0. The molecule has 0 amide bonds. The third-order valence-electron chi connectivity index (χ3n) is 8.85. The Morgan fingerprint density at radius 2 is 0.767 bits per heavy atom. The summed E-state index contributed by atoms with van der Waals surface area (Å²) in [4.78, 5) is 9.54. The number of hydrogen-bond acceptors (Lipinski definition) is 6. The molecular weight excluding hydrogens is 843 g/mol. The van der Waals surface area contributed by atoms with Gasteiger partial charge in [-0.15, -0.1) is 0 Å². The number of benzene rings is 3. The van der Waals surface area contributed by atoms with Crippen LogP contribution in [0.3, 0.4) is 0 Å². The summed E-state index contributed by atoms with van der Waals surface area (Å²) in [6.45, 7) is 47.7. The first-order chi connectivity index (χ1) is 27.2. The van der Waals surface area contributed by atoms with Crippen molar-refractivity contribution in [2.45, 2.75) is 130 Å². The van der Waals surface area contributed by atoms with Crippen molar-refractivity contribution in [3.63, 3.8) is 0 Å². The molecule has 2 aliphatic heterocycles. The van der Waals surface area contributed by atoms with Gasteiger partial charge in [0.15, 0.2) is 0 Å². The quantitative estimate of drug-likeness (QED) is 0.151. The van der Waals surface area contributed by atoms with Crippen LogP contribution in [0.15, 0.2) is 58.5 Å². The maximum absolute atomic E-state index is 11.2. The molecule has 3 aromatic rings. The minimum absolute atomic E-state index is 0. The van der Waals surface area contributed by atoms with Gasteiger partial charge >= 0.3 is 79.4 Å². The van der Waals surface area contributed by atoms with E-state index in [4.69, 9.17) is 38.1 Å². The number of phenolic OH excluding ortho intramolecular Hbond substituents is 2. The Morgan fingerprint density at radius 3 is 0.967 bits per heavy atom. The molecule has 323 valence electrons. The topological polar surface area (TPSA) is 163 Å². The molecule has 2 saturated heterocycles. The molecule has 0 spiro atoms. The zero-order chi connectivity index (χ0) is 45.3. The number of nitrogens with zero attached hydrogens (tertiary/aromatic N) is 2. The molecule has 2 heterocycles. The molecule has 2 N–H and O–H groups in total. The van der Waals surface area contributed by atoms with E-state index >= 15 is 0 Å². The summed E-state index contributed by atoms with van der Waals surface area (Å²) >= 11 is 0. The second-order valence-electron chi connectivity index (χ2n) is 17.6. The van der Waals surface area contributed by atoms with E-state index in [2.05, 4.69) is 122 Å². The van der Waals surface area contributed by atoms with Crippen LogP contribution in [-0.4, -0.2) is 49.1 Å². The van der Waals surface area contributed by atoms with Crippen molar-refractivity contribution in [1.29, 1.82) is 0 Å². The Labute approximate surface area is 381 Å². The molecule has 5 rings (SSSR count). The number of aromatic hydroxyl groups is 2. The van der Waals surface area contributed by atoms with Crippen molar-refractivity contribution in [2.75, 3.05) is 26.4 Å². The third kappa shape index (κ3) is 22.4. The molecule has 1 radical (unpaired) electrons. The van der Waals surface area contributed by atoms with Crippen LogP contribution in [0, 0.1) is 26.6 Å². The van der Waals surface area contributed by atoms with E-state index in [-0.39, 0.29) is 67.3 Å². The maximum Gasteiger partial charge on any atom is 3.00 e. The van der Waals surface area contributed by atoms with Gasteiger partial charge in [-0.2, -0.15) is 0 Å². The van der Waals surface area contributed by atoms with E-state index < -0.39 is 0 Å². The van der Waals surface area contributed by atoms with Gasteiger partial charge in [0.2, 0.25) is 0 Å². The summed E-state index contributed by atoms with van der Waals surface area (Å²) in [6.07, 6.45) is 8.56. The summed E-state index contributed by atoms with van der Waals surface area (Å²) in [5.74, 6) is 0.507. The molecule has 10 nitrogen and oxygen atoms in total. The number of hydrogen-bond donors (Lipinski definition) is 2. The second kappa shape index (κ2) is 31.4. The normalized spacial score (nSPS) is 13.1. The van der Waals surface area contributed by atoms with E-state index in [1.807, 2.05) is 36.4 Å². The first-order valence-corrected chi connectivity index (χ1v) is 19.1. The fourth-order valence-electron chi connectivity index (χ4n) is 5.50. The molecule has 60 heavy (non-hydrogen) atoms. The Hall–Kier alpha value is -3.48. The van der Waals surface area contributed by atoms with Crippen LogP contribution in [-0.2, 0) is 83.9 Å². The van der Waals surface area contributed by atoms with Gasteiger partial charge in [0, 0.05) is 61.1 Å². The van der Waals surface area contributed by atoms with Crippen LogP contribution in [0.2, 0.25) is 0 Å². The van der Waals surface area contributed by atoms with Crippen LogP contribution in [0.1, 0.15) is 142 Å². The molecular formula is C48H64CoCrN2O8+6. The predicted molar refractivity (Wildman–Crippen MR) is 228 cm³/mol. The molecule has 0 saturated carbocycles. The maximum atomic E-state index is 11.2. The number of phenols is 2. The minimum Gasteiger partial charge on any atom is 3.00 e. The van der Waals surface area contributed by atoms with E-state index in [1.54, 1.807) is 12.4 Å². The van der Waals surface area contributed by atoms with Gasteiger partial charge in [-0.25, -0.2) is 0 Å². The Balaban J connectivity index is -0.000000658. The van der Waals surface area contributed by atoms with Crippen molar-refractivity contribution in [1.82, 2.24) is 0 Å². The smallest absolute Gasteiger partial charge is 3.00 e. The van der Waals surface area contributed by atoms with Gasteiger partial charge in [-0.3, -0.25) is 9.98 Å². The molecule has 3 aromatic carbocycles. The monoisotopic (exact) mass is 907 g/mol. The summed E-state index contributed by atoms with van der Waals surface area (Å²) in [6, 6.07) is 15.9. The average Bonchev–Trinajstić information content (AvgIpc) is 3.97. The molecule has 0 aliphatic carbocycles. The molecule has 0 bridgehead atoms. The number of rotatable bonds is 4. The van der Waals surface area contributed by atoms with E-state index in [1.165, 1.54) is 25.7 Å². The molecule has 0 atom stereocenters. The molecule has 2 aliphatic rings. The third-order valence-corrected chi connectivity index (χ3v) is 8.85. The summed E-state index contributed by atoms with van der Waals surface area (Å²) < 4.78 is 39.9. The van der Waals surface area contributed by atoms with Crippen molar-refractivity contribution < 1.29 is 72.4 Å². The van der Waals surface area contributed by atoms with Crippen LogP contribution in [0.25, 0.3) is 0 Å². The summed E-state index contributed by atoms with van der Waals surface area (Å²) in [5, 5.41) is 22.4. The molecule has 0 unspecified atom stereocenters. The largest absolute Gasteiger partial charge is 3.00 e. The van der Waals surface area contributed by atoms with E-state index in [0.717, 1.165) is 48.7 Å². The van der Waals surface area contributed by atoms with Crippen LogP contribution in [0.4, 0.5) is 11.4 Å². The van der Waals surface area contributed by atoms with Crippen molar-refractivity contribution >= 4 is 23.8 Å². The zero-order valence-corrected chi connectivity index (χ0v) is 39.7. The van der Waals surface area contributed by atoms with Crippen molar-refractivity contribution in [2.24, 2.45) is 9.98 Å². The zero-order valence-electron chi connectivity index (χ0n) is 37.4.